The summed E-state index contributed by atoms with van der Waals surface area (Å²) in [6, 6.07) is 11.3. The molecule has 0 radical (unpaired) electrons. The number of carbonyl (C=O) groups is 1. The van der Waals surface area contributed by atoms with E-state index in [9.17, 15) is 22.4 Å². The molecule has 0 aliphatic heterocycles. The minimum atomic E-state index is -4.32. The summed E-state index contributed by atoms with van der Waals surface area (Å²) in [7, 11) is 0. The Morgan fingerprint density at radius 2 is 1.88 bits per heavy atom. The number of amides is 1. The van der Waals surface area contributed by atoms with Crippen LogP contribution >= 0.6 is 0 Å². The molecule has 10 heteroatoms. The van der Waals surface area contributed by atoms with Crippen LogP contribution in [-0.2, 0) is 0 Å². The van der Waals surface area contributed by atoms with Crippen LogP contribution < -0.4 is 15.4 Å². The van der Waals surface area contributed by atoms with Gasteiger partial charge in [-0.05, 0) is 74.8 Å². The maximum Gasteiger partial charge on any atom is 0.390 e. The van der Waals surface area contributed by atoms with Gasteiger partial charge in [-0.3, -0.25) is 9.20 Å². The van der Waals surface area contributed by atoms with Crippen molar-refractivity contribution in [2.75, 3.05) is 11.9 Å². The van der Waals surface area contributed by atoms with Crippen LogP contribution in [0.3, 0.4) is 0 Å². The summed E-state index contributed by atoms with van der Waals surface area (Å²) in [4.78, 5) is 17.6. The average Bonchev–Trinajstić information content (AvgIpc) is 3.83. The molecule has 2 aromatic heterocycles. The van der Waals surface area contributed by atoms with Crippen molar-refractivity contribution in [1.82, 2.24) is 14.7 Å². The second-order valence-electron chi connectivity index (χ2n) is 11.1. The highest BCUT2D eigenvalue weighted by molar-refractivity contribution is 5.97. The van der Waals surface area contributed by atoms with E-state index in [1.54, 1.807) is 41.9 Å². The van der Waals surface area contributed by atoms with Crippen LogP contribution in [0.4, 0.5) is 23.2 Å². The molecular weight excluding hydrogens is 536 g/mol. The van der Waals surface area contributed by atoms with E-state index in [1.165, 1.54) is 25.0 Å². The molecule has 2 heterocycles. The number of rotatable bonds is 9. The third kappa shape index (κ3) is 5.73. The Hall–Kier alpha value is -4.08. The van der Waals surface area contributed by atoms with E-state index in [1.807, 2.05) is 19.1 Å². The van der Waals surface area contributed by atoms with Gasteiger partial charge in [0, 0.05) is 35.3 Å². The zero-order valence-corrected chi connectivity index (χ0v) is 22.7. The summed E-state index contributed by atoms with van der Waals surface area (Å²) < 4.78 is 60.2. The number of aryl methyl sites for hydroxylation is 2. The van der Waals surface area contributed by atoms with E-state index in [2.05, 4.69) is 15.6 Å². The van der Waals surface area contributed by atoms with Gasteiger partial charge >= 0.3 is 6.18 Å². The first-order chi connectivity index (χ1) is 19.5. The predicted molar refractivity (Wildman–Crippen MR) is 148 cm³/mol. The first kappa shape index (κ1) is 27.1. The smallest absolute Gasteiger partial charge is 0.390 e. The third-order valence-corrected chi connectivity index (χ3v) is 7.96. The molecule has 2 aromatic carbocycles. The summed E-state index contributed by atoms with van der Waals surface area (Å²) >= 11 is 0. The molecule has 4 aromatic rings. The monoisotopic (exact) mass is 566 g/mol. The van der Waals surface area contributed by atoms with Crippen molar-refractivity contribution >= 4 is 17.2 Å². The lowest BCUT2D eigenvalue weighted by molar-refractivity contribution is -0.131. The lowest BCUT2D eigenvalue weighted by atomic mass is 10.0. The van der Waals surface area contributed by atoms with E-state index in [4.69, 9.17) is 4.74 Å². The van der Waals surface area contributed by atoms with E-state index in [0.717, 1.165) is 24.0 Å². The number of aromatic nitrogens is 2. The third-order valence-electron chi connectivity index (χ3n) is 7.96. The zero-order valence-electron chi connectivity index (χ0n) is 22.7. The van der Waals surface area contributed by atoms with Gasteiger partial charge < -0.3 is 15.4 Å². The number of halogens is 4. The summed E-state index contributed by atoms with van der Waals surface area (Å²) in [5, 5.41) is 6.09. The van der Waals surface area contributed by atoms with Crippen LogP contribution in [0.2, 0.25) is 0 Å². The molecule has 2 N–H and O–H groups in total. The second-order valence-corrected chi connectivity index (χ2v) is 11.1. The number of anilines is 1. The molecule has 1 amide bonds. The Kier molecular flexibility index (Phi) is 6.66. The van der Waals surface area contributed by atoms with Gasteiger partial charge in [0.1, 0.15) is 17.3 Å². The molecule has 0 bridgehead atoms. The van der Waals surface area contributed by atoms with Crippen molar-refractivity contribution in [3.8, 4) is 22.8 Å². The molecule has 2 fully saturated rings. The summed E-state index contributed by atoms with van der Waals surface area (Å²) in [5.74, 6) is 0.632. The first-order valence-corrected chi connectivity index (χ1v) is 13.7. The molecule has 2 aliphatic rings. The summed E-state index contributed by atoms with van der Waals surface area (Å²) in [6.07, 6.45) is 2.35. The maximum absolute atomic E-state index is 13.9. The summed E-state index contributed by atoms with van der Waals surface area (Å²) in [6.45, 7) is 3.30. The van der Waals surface area contributed by atoms with Crippen molar-refractivity contribution < 1.29 is 27.1 Å². The lowest BCUT2D eigenvalue weighted by Crippen LogP contribution is -2.38. The number of imidazole rings is 1. The lowest BCUT2D eigenvalue weighted by Gasteiger charge is -2.18. The normalized spacial score (nSPS) is 16.0. The van der Waals surface area contributed by atoms with Gasteiger partial charge in [-0.25, -0.2) is 9.37 Å². The molecule has 0 atom stereocenters. The number of nitrogens with zero attached hydrogens (tertiary/aromatic N) is 2. The number of ether oxygens (including phenoxy) is 1. The van der Waals surface area contributed by atoms with Gasteiger partial charge in [-0.15, -0.1) is 0 Å². The predicted octanol–water partition coefficient (Wildman–Crippen LogP) is 7.59. The standard InChI is InChI=1S/C31H30F4N4O2/c1-18-3-7-22(32)14-27(18)41-23-15-25(36-12-11-31(33,34)35)28-37-16-26(39(28)17-23)20-4-8-24(19(2)13-20)29(40)38-30(9-10-30)21-5-6-21/h3-4,7-8,13-17,21,36H,5-6,9-12H2,1-2H3,(H,38,40). The average molecular weight is 567 g/mol. The van der Waals surface area contributed by atoms with Gasteiger partial charge in [0.15, 0.2) is 5.65 Å². The Labute approximate surface area is 234 Å². The van der Waals surface area contributed by atoms with Crippen LogP contribution in [-0.4, -0.2) is 33.6 Å². The van der Waals surface area contributed by atoms with Crippen LogP contribution in [0.1, 0.15) is 53.6 Å². The molecule has 6 nitrogen and oxygen atoms in total. The van der Waals surface area contributed by atoms with Gasteiger partial charge in [-0.2, -0.15) is 13.2 Å². The Morgan fingerprint density at radius 3 is 2.56 bits per heavy atom. The molecular formula is C31H30F4N4O2. The Balaban J connectivity index is 1.33. The van der Waals surface area contributed by atoms with Crippen molar-refractivity contribution in [2.24, 2.45) is 5.92 Å². The maximum atomic E-state index is 13.9. The van der Waals surface area contributed by atoms with Crippen LogP contribution in [0.5, 0.6) is 11.5 Å². The molecule has 41 heavy (non-hydrogen) atoms. The van der Waals surface area contributed by atoms with Crippen molar-refractivity contribution in [1.29, 1.82) is 0 Å². The topological polar surface area (TPSA) is 67.7 Å². The van der Waals surface area contributed by atoms with Crippen LogP contribution in [0, 0.1) is 25.6 Å². The van der Waals surface area contributed by atoms with Gasteiger partial charge in [-0.1, -0.05) is 12.1 Å². The van der Waals surface area contributed by atoms with Crippen LogP contribution in [0.15, 0.2) is 54.9 Å². The number of carbonyl (C=O) groups excluding carboxylic acids is 1. The second kappa shape index (κ2) is 10.1. The fourth-order valence-corrected chi connectivity index (χ4v) is 5.39. The van der Waals surface area contributed by atoms with Crippen LogP contribution in [0.25, 0.3) is 16.9 Å². The zero-order chi connectivity index (χ0) is 28.9. The molecule has 2 saturated carbocycles. The first-order valence-electron chi connectivity index (χ1n) is 13.7. The van der Waals surface area contributed by atoms with Crippen molar-refractivity contribution in [3.05, 3.63) is 77.4 Å². The highest BCUT2D eigenvalue weighted by Crippen LogP contribution is 2.53. The van der Waals surface area contributed by atoms with E-state index in [-0.39, 0.29) is 23.7 Å². The van der Waals surface area contributed by atoms with E-state index in [0.29, 0.717) is 39.8 Å². The number of alkyl halides is 3. The quantitative estimate of drug-likeness (QED) is 0.205. The molecule has 6 rings (SSSR count). The Bertz CT molecular complexity index is 1640. The Morgan fingerprint density at radius 1 is 1.10 bits per heavy atom. The SMILES string of the molecule is Cc1ccc(F)cc1Oc1cc(NCCC(F)(F)F)c2ncc(-c3ccc(C(=O)NC4(C5CC5)CC4)c(C)c3)n2c1. The fraction of sp³-hybridized carbons (Fsp3) is 0.355. The number of nitrogens with one attached hydrogen (secondary N) is 2. The number of pyridine rings is 1. The number of benzene rings is 2. The van der Waals surface area contributed by atoms with Crippen molar-refractivity contribution in [3.63, 3.8) is 0 Å². The number of hydrogen-bond acceptors (Lipinski definition) is 4. The highest BCUT2D eigenvalue weighted by atomic mass is 19.4. The molecule has 0 unspecified atom stereocenters. The fourth-order valence-electron chi connectivity index (χ4n) is 5.39. The van der Waals surface area contributed by atoms with E-state index < -0.39 is 18.4 Å². The molecule has 0 spiro atoms. The van der Waals surface area contributed by atoms with E-state index >= 15 is 0 Å². The minimum Gasteiger partial charge on any atom is -0.455 e. The van der Waals surface area contributed by atoms with Gasteiger partial charge in [0.25, 0.3) is 5.91 Å². The highest BCUT2D eigenvalue weighted by Gasteiger charge is 2.54. The molecule has 2 aliphatic carbocycles. The number of fused-ring (bicyclic) bond motifs is 1. The number of hydrogen-bond donors (Lipinski definition) is 2. The summed E-state index contributed by atoms with van der Waals surface area (Å²) in [5.41, 5.74) is 4.25. The van der Waals surface area contributed by atoms with Crippen molar-refractivity contribution in [2.45, 2.75) is 57.7 Å². The largest absolute Gasteiger partial charge is 0.455 e. The van der Waals surface area contributed by atoms with Gasteiger partial charge in [0.05, 0.1) is 30.2 Å². The minimum absolute atomic E-state index is 0.0320. The molecule has 0 saturated heterocycles. The molecule has 214 valence electrons. The van der Waals surface area contributed by atoms with Gasteiger partial charge in [0.2, 0.25) is 0 Å².